The minimum Gasteiger partial charge on any atom is -0.466 e. The fraction of sp³-hybridized carbons (Fsp3) is 0.346. The lowest BCUT2D eigenvalue weighted by atomic mass is 9.95. The highest BCUT2D eigenvalue weighted by atomic mass is 28.4. The number of hydrogen-bond acceptors (Lipinski definition) is 3. The molecule has 0 bridgehead atoms. The number of allylic oxidation sites excluding steroid dienone is 1. The molecular weight excluding hydrogens is 388 g/mol. The molecule has 2 rings (SSSR count). The van der Waals surface area contributed by atoms with Gasteiger partial charge in [0.2, 0.25) is 0 Å². The zero-order valence-electron chi connectivity index (χ0n) is 18.9. The molecule has 0 heterocycles. The van der Waals surface area contributed by atoms with Crippen LogP contribution in [0, 0.1) is 5.92 Å². The molecule has 0 spiro atoms. The first-order valence-corrected chi connectivity index (χ1v) is 12.3. The van der Waals surface area contributed by atoms with Crippen molar-refractivity contribution in [2.45, 2.75) is 45.3 Å². The Morgan fingerprint density at radius 2 is 1.50 bits per heavy atom. The standard InChI is InChI=1S/C26H34O3Si/c1-8-15-20(2)24(21(3)25(27)28-7)29-30(26(4,5)6,22-16-11-9-12-17-22)23-18-13-10-14-19-23/h8-14,16-20,24H,1,3,15H2,2,4-7H3/t20-,24+/m1/s1. The second-order valence-electron chi connectivity index (χ2n) is 8.72. The van der Waals surface area contributed by atoms with Crippen LogP contribution in [0.3, 0.4) is 0 Å². The van der Waals surface area contributed by atoms with Gasteiger partial charge in [-0.1, -0.05) is 101 Å². The van der Waals surface area contributed by atoms with Gasteiger partial charge in [0, 0.05) is 0 Å². The van der Waals surface area contributed by atoms with Crippen LogP contribution in [0.1, 0.15) is 34.1 Å². The number of benzene rings is 2. The molecule has 0 fully saturated rings. The summed E-state index contributed by atoms with van der Waals surface area (Å²) < 4.78 is 12.2. The van der Waals surface area contributed by atoms with Gasteiger partial charge in [-0.3, -0.25) is 0 Å². The number of methoxy groups -OCH3 is 1. The first kappa shape index (κ1) is 23.8. The SMILES string of the molecule is C=CC[C@@H](C)[C@H](O[Si](c1ccccc1)(c1ccccc1)C(C)(C)C)C(=C)C(=O)OC. The molecule has 0 unspecified atom stereocenters. The molecule has 2 aromatic rings. The molecule has 4 heteroatoms. The van der Waals surface area contributed by atoms with Crippen molar-refractivity contribution in [1.82, 2.24) is 0 Å². The predicted octanol–water partition coefficient (Wildman–Crippen LogP) is 4.87. The maximum atomic E-state index is 12.5. The van der Waals surface area contributed by atoms with Crippen molar-refractivity contribution in [1.29, 1.82) is 0 Å². The van der Waals surface area contributed by atoms with Gasteiger partial charge in [0.05, 0.1) is 18.8 Å². The van der Waals surface area contributed by atoms with Crippen LogP contribution in [0.4, 0.5) is 0 Å². The first-order chi connectivity index (χ1) is 14.2. The van der Waals surface area contributed by atoms with E-state index in [1.54, 1.807) is 0 Å². The van der Waals surface area contributed by atoms with Gasteiger partial charge >= 0.3 is 5.97 Å². The molecule has 0 saturated carbocycles. The van der Waals surface area contributed by atoms with Gasteiger partial charge < -0.3 is 9.16 Å². The third-order valence-electron chi connectivity index (χ3n) is 5.57. The first-order valence-electron chi connectivity index (χ1n) is 10.4. The molecule has 2 aromatic carbocycles. The van der Waals surface area contributed by atoms with E-state index in [2.05, 4.69) is 65.1 Å². The second kappa shape index (κ2) is 10.1. The van der Waals surface area contributed by atoms with Crippen molar-refractivity contribution < 1.29 is 14.0 Å². The van der Waals surface area contributed by atoms with Crippen molar-refractivity contribution in [3.8, 4) is 0 Å². The van der Waals surface area contributed by atoms with Gasteiger partial charge in [0.15, 0.2) is 0 Å². The summed E-state index contributed by atoms with van der Waals surface area (Å²) in [4.78, 5) is 12.5. The summed E-state index contributed by atoms with van der Waals surface area (Å²) >= 11 is 0. The largest absolute Gasteiger partial charge is 0.466 e. The Hall–Kier alpha value is -2.43. The highest BCUT2D eigenvalue weighted by Gasteiger charge is 2.52. The number of carbonyl (C=O) groups excluding carboxylic acids is 1. The molecular formula is C26H34O3Si. The van der Waals surface area contributed by atoms with E-state index in [1.807, 2.05) is 42.5 Å². The molecule has 30 heavy (non-hydrogen) atoms. The molecule has 0 aliphatic heterocycles. The fourth-order valence-electron chi connectivity index (χ4n) is 4.05. The van der Waals surface area contributed by atoms with E-state index >= 15 is 0 Å². The Balaban J connectivity index is 2.75. The summed E-state index contributed by atoms with van der Waals surface area (Å²) in [6.07, 6.45) is 2.08. The molecule has 2 atom stereocenters. The molecule has 0 aromatic heterocycles. The quantitative estimate of drug-likeness (QED) is 0.250. The Morgan fingerprint density at radius 1 is 1.03 bits per heavy atom. The Morgan fingerprint density at radius 3 is 1.87 bits per heavy atom. The zero-order valence-corrected chi connectivity index (χ0v) is 19.9. The Bertz CT molecular complexity index is 813. The predicted molar refractivity (Wildman–Crippen MR) is 128 cm³/mol. The van der Waals surface area contributed by atoms with Crippen molar-refractivity contribution in [3.63, 3.8) is 0 Å². The van der Waals surface area contributed by atoms with E-state index in [-0.39, 0.29) is 11.0 Å². The van der Waals surface area contributed by atoms with Crippen LogP contribution in [0.25, 0.3) is 0 Å². The molecule has 0 aliphatic rings. The van der Waals surface area contributed by atoms with Crippen LogP contribution in [-0.4, -0.2) is 27.5 Å². The molecule has 0 radical (unpaired) electrons. The highest BCUT2D eigenvalue weighted by molar-refractivity contribution is 6.99. The van der Waals surface area contributed by atoms with Crippen molar-refractivity contribution >= 4 is 24.7 Å². The second-order valence-corrected chi connectivity index (χ2v) is 13.0. The van der Waals surface area contributed by atoms with E-state index in [9.17, 15) is 4.79 Å². The van der Waals surface area contributed by atoms with Crippen molar-refractivity contribution in [2.24, 2.45) is 5.92 Å². The summed E-state index contributed by atoms with van der Waals surface area (Å²) in [5, 5.41) is 2.13. The van der Waals surface area contributed by atoms with Crippen LogP contribution in [-0.2, 0) is 14.0 Å². The van der Waals surface area contributed by atoms with Gasteiger partial charge in [0.25, 0.3) is 8.32 Å². The van der Waals surface area contributed by atoms with E-state index in [0.29, 0.717) is 12.0 Å². The lowest BCUT2D eigenvalue weighted by Gasteiger charge is -2.46. The summed E-state index contributed by atoms with van der Waals surface area (Å²) in [5.74, 6) is -0.412. The smallest absolute Gasteiger partial charge is 0.335 e. The fourth-order valence-corrected chi connectivity index (χ4v) is 8.82. The lowest BCUT2D eigenvalue weighted by Crippen LogP contribution is -2.68. The van der Waals surface area contributed by atoms with Crippen LogP contribution in [0.5, 0.6) is 0 Å². The van der Waals surface area contributed by atoms with Gasteiger partial charge in [-0.25, -0.2) is 4.79 Å². The maximum absolute atomic E-state index is 12.5. The number of ether oxygens (including phenoxy) is 1. The lowest BCUT2D eigenvalue weighted by molar-refractivity contribution is -0.137. The highest BCUT2D eigenvalue weighted by Crippen LogP contribution is 2.39. The molecule has 0 saturated heterocycles. The number of hydrogen-bond donors (Lipinski definition) is 0. The van der Waals surface area contributed by atoms with E-state index in [4.69, 9.17) is 9.16 Å². The minimum absolute atomic E-state index is 0.0238. The Labute approximate surface area is 182 Å². The van der Waals surface area contributed by atoms with Crippen molar-refractivity contribution in [2.75, 3.05) is 7.11 Å². The van der Waals surface area contributed by atoms with Crippen LogP contribution in [0.2, 0.25) is 5.04 Å². The summed E-state index contributed by atoms with van der Waals surface area (Å²) in [6.45, 7) is 16.7. The van der Waals surface area contributed by atoms with Gasteiger partial charge in [0.1, 0.15) is 0 Å². The monoisotopic (exact) mass is 422 g/mol. The van der Waals surface area contributed by atoms with E-state index in [0.717, 1.165) is 10.4 Å². The third-order valence-corrected chi connectivity index (χ3v) is 10.6. The summed E-state index contributed by atoms with van der Waals surface area (Å²) in [5.41, 5.74) is 0.347. The summed E-state index contributed by atoms with van der Waals surface area (Å²) in [6, 6.07) is 20.8. The van der Waals surface area contributed by atoms with Gasteiger partial charge in [-0.2, -0.15) is 0 Å². The maximum Gasteiger partial charge on any atom is 0.335 e. The van der Waals surface area contributed by atoms with Crippen molar-refractivity contribution in [3.05, 3.63) is 85.5 Å². The van der Waals surface area contributed by atoms with Crippen LogP contribution in [0.15, 0.2) is 85.5 Å². The average Bonchev–Trinajstić information content (AvgIpc) is 2.74. The number of rotatable bonds is 9. The molecule has 0 amide bonds. The number of esters is 1. The minimum atomic E-state index is -2.83. The topological polar surface area (TPSA) is 35.5 Å². The normalized spacial score (nSPS) is 13.9. The summed E-state index contributed by atoms with van der Waals surface area (Å²) in [7, 11) is -1.45. The van der Waals surface area contributed by atoms with Crippen LogP contribution >= 0.6 is 0 Å². The average molecular weight is 423 g/mol. The molecule has 0 aliphatic carbocycles. The van der Waals surface area contributed by atoms with Crippen LogP contribution < -0.4 is 10.4 Å². The molecule has 160 valence electrons. The Kier molecular flexibility index (Phi) is 7.99. The zero-order chi connectivity index (χ0) is 22.4. The molecule has 0 N–H and O–H groups in total. The van der Waals surface area contributed by atoms with Gasteiger partial charge in [-0.05, 0) is 27.8 Å². The van der Waals surface area contributed by atoms with E-state index < -0.39 is 20.4 Å². The third kappa shape index (κ3) is 4.82. The van der Waals surface area contributed by atoms with E-state index in [1.165, 1.54) is 7.11 Å². The molecule has 3 nitrogen and oxygen atoms in total. The van der Waals surface area contributed by atoms with Gasteiger partial charge in [-0.15, -0.1) is 6.58 Å². The number of carbonyl (C=O) groups is 1.